The van der Waals surface area contributed by atoms with Crippen molar-refractivity contribution in [3.63, 3.8) is 0 Å². The summed E-state index contributed by atoms with van der Waals surface area (Å²) >= 11 is 2.00. The van der Waals surface area contributed by atoms with Crippen LogP contribution in [0.2, 0.25) is 0 Å². The Bertz CT molecular complexity index is 324. The average molecular weight is 237 g/mol. The van der Waals surface area contributed by atoms with Gasteiger partial charge in [-0.1, -0.05) is 13.3 Å². The maximum absolute atomic E-state index is 4.64. The Kier molecular flexibility index (Phi) is 4.60. The van der Waals surface area contributed by atoms with Crippen molar-refractivity contribution in [3.05, 3.63) is 23.8 Å². The standard InChI is InChI=1S/C12H19N3S/c1-2-13-9-10-6-7-14-12(15-10)11-5-3-4-8-16-11/h6-7,11,13H,2-5,8-9H2,1H3. The minimum absolute atomic E-state index is 0.523. The molecule has 0 amide bonds. The molecule has 1 fully saturated rings. The zero-order valence-electron chi connectivity index (χ0n) is 9.78. The molecule has 1 atom stereocenters. The molecular weight excluding hydrogens is 218 g/mol. The topological polar surface area (TPSA) is 37.8 Å². The van der Waals surface area contributed by atoms with Crippen molar-refractivity contribution in [1.82, 2.24) is 15.3 Å². The molecule has 88 valence electrons. The van der Waals surface area contributed by atoms with E-state index in [-0.39, 0.29) is 0 Å². The zero-order valence-corrected chi connectivity index (χ0v) is 10.6. The number of hydrogen-bond donors (Lipinski definition) is 1. The van der Waals surface area contributed by atoms with Crippen LogP contribution in [0.4, 0.5) is 0 Å². The van der Waals surface area contributed by atoms with Crippen LogP contribution in [0.25, 0.3) is 0 Å². The summed E-state index contributed by atoms with van der Waals surface area (Å²) in [6, 6.07) is 2.00. The van der Waals surface area contributed by atoms with Crippen LogP contribution in [0.5, 0.6) is 0 Å². The van der Waals surface area contributed by atoms with Crippen LogP contribution in [0.15, 0.2) is 12.3 Å². The van der Waals surface area contributed by atoms with Crippen molar-refractivity contribution >= 4 is 11.8 Å². The number of thioether (sulfide) groups is 1. The quantitative estimate of drug-likeness (QED) is 0.873. The number of aromatic nitrogens is 2. The van der Waals surface area contributed by atoms with Crippen LogP contribution in [0.3, 0.4) is 0 Å². The molecule has 2 rings (SSSR count). The summed E-state index contributed by atoms with van der Waals surface area (Å²) in [5, 5.41) is 3.82. The Hall–Kier alpha value is -0.610. The summed E-state index contributed by atoms with van der Waals surface area (Å²) in [5.74, 6) is 2.28. The van der Waals surface area contributed by atoms with Crippen LogP contribution >= 0.6 is 11.8 Å². The van der Waals surface area contributed by atoms with Gasteiger partial charge < -0.3 is 5.32 Å². The van der Waals surface area contributed by atoms with E-state index in [0.29, 0.717) is 5.25 Å². The van der Waals surface area contributed by atoms with Crippen LogP contribution in [-0.2, 0) is 6.54 Å². The summed E-state index contributed by atoms with van der Waals surface area (Å²) in [7, 11) is 0. The number of hydrogen-bond acceptors (Lipinski definition) is 4. The van der Waals surface area contributed by atoms with Crippen LogP contribution in [0, 0.1) is 0 Å². The highest BCUT2D eigenvalue weighted by atomic mass is 32.2. The Morgan fingerprint density at radius 3 is 3.19 bits per heavy atom. The normalized spacial score (nSPS) is 20.9. The maximum Gasteiger partial charge on any atom is 0.141 e. The maximum atomic E-state index is 4.64. The third-order valence-electron chi connectivity index (χ3n) is 2.76. The Labute approximate surface area is 101 Å². The van der Waals surface area contributed by atoms with E-state index in [1.165, 1.54) is 25.0 Å². The zero-order chi connectivity index (χ0) is 11.2. The van der Waals surface area contributed by atoms with Gasteiger partial charge in [0.25, 0.3) is 0 Å². The van der Waals surface area contributed by atoms with Gasteiger partial charge in [0.05, 0.1) is 10.9 Å². The first-order chi connectivity index (χ1) is 7.90. The van der Waals surface area contributed by atoms with Gasteiger partial charge in [0, 0.05) is 12.7 Å². The second kappa shape index (κ2) is 6.21. The molecule has 0 spiro atoms. The highest BCUT2D eigenvalue weighted by Crippen LogP contribution is 2.36. The second-order valence-corrected chi connectivity index (χ2v) is 5.35. The molecule has 0 saturated carbocycles. The summed E-state index contributed by atoms with van der Waals surface area (Å²) < 4.78 is 0. The fourth-order valence-electron chi connectivity index (χ4n) is 1.86. The molecule has 1 aromatic heterocycles. The molecular formula is C12H19N3S. The van der Waals surface area contributed by atoms with E-state index in [9.17, 15) is 0 Å². The molecule has 1 unspecified atom stereocenters. The van der Waals surface area contributed by atoms with Gasteiger partial charge in [0.1, 0.15) is 5.82 Å². The third kappa shape index (κ3) is 3.19. The highest BCUT2D eigenvalue weighted by molar-refractivity contribution is 7.99. The summed E-state index contributed by atoms with van der Waals surface area (Å²) in [6.45, 7) is 3.94. The molecule has 1 aromatic rings. The van der Waals surface area contributed by atoms with Gasteiger partial charge in [-0.2, -0.15) is 11.8 Å². The third-order valence-corrected chi connectivity index (χ3v) is 4.13. The van der Waals surface area contributed by atoms with Crippen molar-refractivity contribution in [2.45, 2.75) is 38.0 Å². The Balaban J connectivity index is 2.02. The summed E-state index contributed by atoms with van der Waals surface area (Å²) in [6.07, 6.45) is 5.79. The smallest absolute Gasteiger partial charge is 0.141 e. The fourth-order valence-corrected chi connectivity index (χ4v) is 3.12. The fraction of sp³-hybridized carbons (Fsp3) is 0.667. The first-order valence-corrected chi connectivity index (χ1v) is 7.09. The molecule has 2 heterocycles. The number of rotatable bonds is 4. The van der Waals surface area contributed by atoms with E-state index in [1.807, 2.05) is 24.0 Å². The monoisotopic (exact) mass is 237 g/mol. The molecule has 16 heavy (non-hydrogen) atoms. The van der Waals surface area contributed by atoms with Crippen LogP contribution in [-0.4, -0.2) is 22.3 Å². The molecule has 4 heteroatoms. The van der Waals surface area contributed by atoms with Crippen molar-refractivity contribution in [3.8, 4) is 0 Å². The van der Waals surface area contributed by atoms with E-state index >= 15 is 0 Å². The minimum Gasteiger partial charge on any atom is -0.311 e. The van der Waals surface area contributed by atoms with E-state index < -0.39 is 0 Å². The van der Waals surface area contributed by atoms with E-state index in [1.54, 1.807) is 0 Å². The first-order valence-electron chi connectivity index (χ1n) is 6.04. The first kappa shape index (κ1) is 11.9. The predicted molar refractivity (Wildman–Crippen MR) is 68.5 cm³/mol. The average Bonchev–Trinajstić information content (AvgIpc) is 2.38. The van der Waals surface area contributed by atoms with Crippen LogP contribution < -0.4 is 5.32 Å². The molecule has 0 aromatic carbocycles. The van der Waals surface area contributed by atoms with Crippen molar-refractivity contribution in [1.29, 1.82) is 0 Å². The molecule has 0 aliphatic carbocycles. The lowest BCUT2D eigenvalue weighted by Crippen LogP contribution is -2.15. The molecule has 0 bridgehead atoms. The predicted octanol–water partition coefficient (Wildman–Crippen LogP) is 2.54. The largest absolute Gasteiger partial charge is 0.311 e. The van der Waals surface area contributed by atoms with Gasteiger partial charge in [-0.3, -0.25) is 0 Å². The van der Waals surface area contributed by atoms with Crippen molar-refractivity contribution in [2.24, 2.45) is 0 Å². The highest BCUT2D eigenvalue weighted by Gasteiger charge is 2.18. The lowest BCUT2D eigenvalue weighted by atomic mass is 10.2. The lowest BCUT2D eigenvalue weighted by molar-refractivity contribution is 0.649. The van der Waals surface area contributed by atoms with Crippen molar-refractivity contribution < 1.29 is 0 Å². The Morgan fingerprint density at radius 2 is 2.44 bits per heavy atom. The Morgan fingerprint density at radius 1 is 1.50 bits per heavy atom. The molecule has 3 nitrogen and oxygen atoms in total. The van der Waals surface area contributed by atoms with Gasteiger partial charge in [-0.25, -0.2) is 9.97 Å². The van der Waals surface area contributed by atoms with Gasteiger partial charge in [0.2, 0.25) is 0 Å². The molecule has 0 radical (unpaired) electrons. The van der Waals surface area contributed by atoms with E-state index in [2.05, 4.69) is 22.2 Å². The van der Waals surface area contributed by atoms with Gasteiger partial charge >= 0.3 is 0 Å². The number of nitrogens with one attached hydrogen (secondary N) is 1. The van der Waals surface area contributed by atoms with Crippen molar-refractivity contribution in [2.75, 3.05) is 12.3 Å². The molecule has 1 N–H and O–H groups in total. The lowest BCUT2D eigenvalue weighted by Gasteiger charge is -2.20. The van der Waals surface area contributed by atoms with Gasteiger partial charge in [-0.05, 0) is 31.2 Å². The number of nitrogens with zero attached hydrogens (tertiary/aromatic N) is 2. The SMILES string of the molecule is CCNCc1ccnc(C2CCCCS2)n1. The molecule has 1 aliphatic heterocycles. The minimum atomic E-state index is 0.523. The second-order valence-electron chi connectivity index (χ2n) is 4.04. The van der Waals surface area contributed by atoms with E-state index in [4.69, 9.17) is 0 Å². The van der Waals surface area contributed by atoms with E-state index in [0.717, 1.165) is 24.6 Å². The van der Waals surface area contributed by atoms with Gasteiger partial charge in [-0.15, -0.1) is 0 Å². The molecule has 1 saturated heterocycles. The molecule has 1 aliphatic rings. The summed E-state index contributed by atoms with van der Waals surface area (Å²) in [5.41, 5.74) is 1.11. The van der Waals surface area contributed by atoms with Crippen LogP contribution in [0.1, 0.15) is 43.0 Å². The van der Waals surface area contributed by atoms with Gasteiger partial charge in [0.15, 0.2) is 0 Å². The summed E-state index contributed by atoms with van der Waals surface area (Å²) in [4.78, 5) is 9.05.